The molecule has 1 unspecified atom stereocenters. The molecule has 28 heavy (non-hydrogen) atoms. The predicted octanol–water partition coefficient (Wildman–Crippen LogP) is 4.41. The predicted molar refractivity (Wildman–Crippen MR) is 116 cm³/mol. The van der Waals surface area contributed by atoms with Gasteiger partial charge in [0.05, 0.1) is 11.0 Å². The van der Waals surface area contributed by atoms with Crippen LogP contribution in [-0.4, -0.2) is 27.2 Å². The molecule has 3 rings (SSSR count). The second-order valence-corrected chi connectivity index (χ2v) is 7.91. The summed E-state index contributed by atoms with van der Waals surface area (Å²) in [5.74, 6) is 0.0538. The first-order chi connectivity index (χ1) is 13.5. The van der Waals surface area contributed by atoms with Crippen LogP contribution in [0.3, 0.4) is 0 Å². The minimum absolute atomic E-state index is 0.148. The number of thiocarbonyl (C=S) groups is 1. The number of hydrogen-bond acceptors (Lipinski definition) is 5. The molecule has 7 heteroatoms. The van der Waals surface area contributed by atoms with Gasteiger partial charge in [0.25, 0.3) is 11.8 Å². The molecule has 144 valence electrons. The third kappa shape index (κ3) is 4.79. The van der Waals surface area contributed by atoms with Crippen molar-refractivity contribution >= 4 is 46.2 Å². The van der Waals surface area contributed by atoms with Crippen molar-refractivity contribution in [2.75, 3.05) is 0 Å². The lowest BCUT2D eigenvalue weighted by Crippen LogP contribution is -2.44. The molecule has 1 aliphatic rings. The number of hydrogen-bond donors (Lipinski definition) is 1. The molecule has 2 amide bonds. The topological polar surface area (TPSA) is 58.6 Å². The SMILES string of the molecule is CCC(C)Oc1ccc(/C=C2\SC(=S)N(NC(=O)c3ccccc3)C2=O)cc1. The molecule has 0 bridgehead atoms. The van der Waals surface area contributed by atoms with Crippen LogP contribution in [0.5, 0.6) is 5.75 Å². The molecule has 1 aliphatic heterocycles. The van der Waals surface area contributed by atoms with Crippen molar-refractivity contribution in [3.63, 3.8) is 0 Å². The monoisotopic (exact) mass is 412 g/mol. The van der Waals surface area contributed by atoms with Gasteiger partial charge in [-0.3, -0.25) is 15.0 Å². The standard InChI is InChI=1S/C21H20N2O3S2/c1-3-14(2)26-17-11-9-15(10-12-17)13-18-20(25)23(21(27)28-18)22-19(24)16-7-5-4-6-8-16/h4-14H,3H2,1-2H3,(H,22,24)/b18-13-. The lowest BCUT2D eigenvalue weighted by Gasteiger charge is -2.15. The number of carbonyl (C=O) groups excluding carboxylic acids is 2. The Balaban J connectivity index is 1.69. The van der Waals surface area contributed by atoms with Crippen LogP contribution in [0.2, 0.25) is 0 Å². The molecular weight excluding hydrogens is 392 g/mol. The van der Waals surface area contributed by atoms with Gasteiger partial charge < -0.3 is 4.74 Å². The van der Waals surface area contributed by atoms with E-state index in [0.717, 1.165) is 34.5 Å². The normalized spacial score (nSPS) is 16.4. The number of thioether (sulfide) groups is 1. The van der Waals surface area contributed by atoms with E-state index >= 15 is 0 Å². The summed E-state index contributed by atoms with van der Waals surface area (Å²) >= 11 is 6.41. The molecule has 5 nitrogen and oxygen atoms in total. The fourth-order valence-corrected chi connectivity index (χ4v) is 3.61. The zero-order chi connectivity index (χ0) is 20.1. The van der Waals surface area contributed by atoms with Crippen molar-refractivity contribution in [3.8, 4) is 5.75 Å². The van der Waals surface area contributed by atoms with Crippen LogP contribution in [0.25, 0.3) is 6.08 Å². The minimum atomic E-state index is -0.385. The number of carbonyl (C=O) groups is 2. The number of nitrogens with zero attached hydrogens (tertiary/aromatic N) is 1. The van der Waals surface area contributed by atoms with Crippen LogP contribution < -0.4 is 10.2 Å². The second kappa shape index (κ2) is 9.03. The molecule has 2 aromatic carbocycles. The number of ether oxygens (including phenoxy) is 1. The Hall–Kier alpha value is -2.64. The highest BCUT2D eigenvalue weighted by atomic mass is 32.2. The summed E-state index contributed by atoms with van der Waals surface area (Å²) in [6.45, 7) is 4.08. The van der Waals surface area contributed by atoms with Crippen LogP contribution in [0.15, 0.2) is 59.5 Å². The fourth-order valence-electron chi connectivity index (χ4n) is 2.43. The average molecular weight is 413 g/mol. The van der Waals surface area contributed by atoms with E-state index in [1.54, 1.807) is 30.3 Å². The Morgan fingerprint density at radius 3 is 2.54 bits per heavy atom. The molecule has 1 saturated heterocycles. The summed E-state index contributed by atoms with van der Waals surface area (Å²) < 4.78 is 6.05. The van der Waals surface area contributed by atoms with Crippen LogP contribution in [-0.2, 0) is 4.79 Å². The molecule has 1 atom stereocenters. The molecule has 2 aromatic rings. The number of nitrogens with one attached hydrogen (secondary N) is 1. The van der Waals surface area contributed by atoms with Gasteiger partial charge in [-0.1, -0.05) is 49.0 Å². The largest absolute Gasteiger partial charge is 0.491 e. The maximum absolute atomic E-state index is 12.6. The highest BCUT2D eigenvalue weighted by molar-refractivity contribution is 8.26. The zero-order valence-electron chi connectivity index (χ0n) is 15.5. The van der Waals surface area contributed by atoms with E-state index in [4.69, 9.17) is 17.0 Å². The first-order valence-corrected chi connectivity index (χ1v) is 10.1. The van der Waals surface area contributed by atoms with Crippen molar-refractivity contribution < 1.29 is 14.3 Å². The highest BCUT2D eigenvalue weighted by Crippen LogP contribution is 2.31. The lowest BCUT2D eigenvalue weighted by atomic mass is 10.2. The maximum atomic E-state index is 12.6. The quantitative estimate of drug-likeness (QED) is 0.563. The van der Waals surface area contributed by atoms with Gasteiger partial charge in [-0.15, -0.1) is 0 Å². The zero-order valence-corrected chi connectivity index (χ0v) is 17.2. The third-order valence-electron chi connectivity index (χ3n) is 4.13. The van der Waals surface area contributed by atoms with Gasteiger partial charge in [-0.05, 0) is 61.5 Å². The first kappa shape index (κ1) is 20.1. The van der Waals surface area contributed by atoms with Crippen molar-refractivity contribution in [1.29, 1.82) is 0 Å². The fraction of sp³-hybridized carbons (Fsp3) is 0.190. The maximum Gasteiger partial charge on any atom is 0.285 e. The molecule has 0 spiro atoms. The minimum Gasteiger partial charge on any atom is -0.491 e. The van der Waals surface area contributed by atoms with Gasteiger partial charge in [0.2, 0.25) is 0 Å². The Kier molecular flexibility index (Phi) is 6.49. The van der Waals surface area contributed by atoms with Gasteiger partial charge in [0.15, 0.2) is 4.32 Å². The average Bonchev–Trinajstić information content (AvgIpc) is 2.97. The van der Waals surface area contributed by atoms with Gasteiger partial charge >= 0.3 is 0 Å². The van der Waals surface area contributed by atoms with Crippen LogP contribution in [0.4, 0.5) is 0 Å². The molecule has 1 N–H and O–H groups in total. The summed E-state index contributed by atoms with van der Waals surface area (Å²) in [6.07, 6.45) is 2.83. The van der Waals surface area contributed by atoms with Crippen LogP contribution in [0.1, 0.15) is 36.2 Å². The Morgan fingerprint density at radius 2 is 1.89 bits per heavy atom. The lowest BCUT2D eigenvalue weighted by molar-refractivity contribution is -0.123. The molecule has 1 heterocycles. The molecule has 1 fully saturated rings. The third-order valence-corrected chi connectivity index (χ3v) is 5.44. The molecule has 0 radical (unpaired) electrons. The van der Waals surface area contributed by atoms with E-state index < -0.39 is 0 Å². The second-order valence-electron chi connectivity index (χ2n) is 6.23. The van der Waals surface area contributed by atoms with Crippen molar-refractivity contribution in [2.24, 2.45) is 0 Å². The summed E-state index contributed by atoms with van der Waals surface area (Å²) in [7, 11) is 0. The van der Waals surface area contributed by atoms with Crippen molar-refractivity contribution in [1.82, 2.24) is 10.4 Å². The van der Waals surface area contributed by atoms with Crippen molar-refractivity contribution in [3.05, 3.63) is 70.6 Å². The van der Waals surface area contributed by atoms with E-state index in [1.165, 1.54) is 0 Å². The Bertz CT molecular complexity index is 911. The molecule has 0 saturated carbocycles. The van der Waals surface area contributed by atoms with Crippen LogP contribution in [0, 0.1) is 0 Å². The van der Waals surface area contributed by atoms with Crippen molar-refractivity contribution in [2.45, 2.75) is 26.4 Å². The van der Waals surface area contributed by atoms with Gasteiger partial charge in [-0.25, -0.2) is 0 Å². The van der Waals surface area contributed by atoms with E-state index in [1.807, 2.05) is 37.3 Å². The summed E-state index contributed by atoms with van der Waals surface area (Å²) in [5, 5.41) is 1.11. The molecular formula is C21H20N2O3S2. The molecule has 0 aliphatic carbocycles. The van der Waals surface area contributed by atoms with Crippen LogP contribution >= 0.6 is 24.0 Å². The summed E-state index contributed by atoms with van der Waals surface area (Å²) in [6, 6.07) is 16.2. The molecule has 0 aromatic heterocycles. The number of rotatable bonds is 6. The van der Waals surface area contributed by atoms with E-state index in [2.05, 4.69) is 12.3 Å². The summed E-state index contributed by atoms with van der Waals surface area (Å²) in [5.41, 5.74) is 3.88. The smallest absolute Gasteiger partial charge is 0.285 e. The Labute approximate surface area is 173 Å². The van der Waals surface area contributed by atoms with E-state index in [-0.39, 0.29) is 22.2 Å². The first-order valence-electron chi connectivity index (χ1n) is 8.88. The Morgan fingerprint density at radius 1 is 1.21 bits per heavy atom. The van der Waals surface area contributed by atoms with Gasteiger partial charge in [-0.2, -0.15) is 5.01 Å². The number of hydrazine groups is 1. The van der Waals surface area contributed by atoms with Gasteiger partial charge in [0.1, 0.15) is 5.75 Å². The highest BCUT2D eigenvalue weighted by Gasteiger charge is 2.33. The number of benzene rings is 2. The summed E-state index contributed by atoms with van der Waals surface area (Å²) in [4.78, 5) is 25.4. The van der Waals surface area contributed by atoms with Gasteiger partial charge in [0, 0.05) is 5.56 Å². The number of amides is 2. The van der Waals surface area contributed by atoms with E-state index in [9.17, 15) is 9.59 Å². The van der Waals surface area contributed by atoms with E-state index in [0.29, 0.717) is 10.5 Å².